The van der Waals surface area contributed by atoms with Gasteiger partial charge in [0, 0.05) is 24.3 Å². The number of methoxy groups -OCH3 is 2. The Morgan fingerprint density at radius 2 is 1.15 bits per heavy atom. The molecule has 140 valence electrons. The van der Waals surface area contributed by atoms with Crippen molar-refractivity contribution >= 4 is 23.3 Å². The van der Waals surface area contributed by atoms with Crippen molar-refractivity contribution in [2.24, 2.45) is 0 Å². The fraction of sp³-hybridized carbons (Fsp3) is 0.125. The summed E-state index contributed by atoms with van der Waals surface area (Å²) in [6, 6.07) is 4.63. The Balaban J connectivity index is 0.000000263. The smallest absolute Gasteiger partial charge is 0.337 e. The van der Waals surface area contributed by atoms with Crippen LogP contribution in [-0.2, 0) is 0 Å². The highest BCUT2D eigenvalue weighted by molar-refractivity contribution is 5.95. The lowest BCUT2D eigenvalue weighted by Gasteiger charge is -2.09. The molecule has 2 aromatic rings. The van der Waals surface area contributed by atoms with Gasteiger partial charge in [-0.2, -0.15) is 0 Å². The summed E-state index contributed by atoms with van der Waals surface area (Å²) >= 11 is 0. The Morgan fingerprint density at radius 1 is 0.769 bits per heavy atom. The lowest BCUT2D eigenvalue weighted by Crippen LogP contribution is -2.04. The maximum absolute atomic E-state index is 10.7. The number of nitrogen functional groups attached to an aromatic ring is 2. The molecule has 2 rings (SSSR count). The van der Waals surface area contributed by atoms with Crippen LogP contribution in [0.15, 0.2) is 24.3 Å². The highest BCUT2D eigenvalue weighted by Crippen LogP contribution is 2.32. The Kier molecular flexibility index (Phi) is 6.48. The van der Waals surface area contributed by atoms with Crippen LogP contribution < -0.4 is 20.9 Å². The largest absolute Gasteiger partial charge is 0.504 e. The standard InChI is InChI=1S/C9H11NO4.C7H7NO4/c1-13-7-3-5(9(11)12)6(10)4-8(7)14-2;8-4-2-6(10)5(9)1-3(4)7(11)12/h3-4H,10H2,1-2H3,(H,11,12);1-2,9-10H,8H2,(H,11,12). The summed E-state index contributed by atoms with van der Waals surface area (Å²) in [4.78, 5) is 21.1. The molecule has 26 heavy (non-hydrogen) atoms. The van der Waals surface area contributed by atoms with Crippen LogP contribution in [0.5, 0.6) is 23.0 Å². The Hall–Kier alpha value is -3.82. The first-order valence-corrected chi connectivity index (χ1v) is 6.91. The number of carboxylic acids is 2. The van der Waals surface area contributed by atoms with Gasteiger partial charge in [0.05, 0.1) is 36.7 Å². The Labute approximate surface area is 147 Å². The summed E-state index contributed by atoms with van der Waals surface area (Å²) in [5, 5.41) is 35.1. The van der Waals surface area contributed by atoms with E-state index < -0.39 is 23.4 Å². The van der Waals surface area contributed by atoms with Gasteiger partial charge in [-0.25, -0.2) is 9.59 Å². The van der Waals surface area contributed by atoms with E-state index in [1.807, 2.05) is 0 Å². The van der Waals surface area contributed by atoms with E-state index >= 15 is 0 Å². The fourth-order valence-electron chi connectivity index (χ4n) is 1.86. The lowest BCUT2D eigenvalue weighted by molar-refractivity contribution is 0.0686. The first-order valence-electron chi connectivity index (χ1n) is 6.91. The number of phenols is 2. The van der Waals surface area contributed by atoms with E-state index in [-0.39, 0.29) is 22.5 Å². The number of aromatic hydroxyl groups is 2. The average Bonchev–Trinajstić information content (AvgIpc) is 2.57. The molecule has 0 atom stereocenters. The molecule has 0 aromatic heterocycles. The fourth-order valence-corrected chi connectivity index (χ4v) is 1.86. The third-order valence-electron chi connectivity index (χ3n) is 3.16. The van der Waals surface area contributed by atoms with Crippen molar-refractivity contribution in [2.75, 3.05) is 25.7 Å². The van der Waals surface area contributed by atoms with Gasteiger partial charge in [-0.3, -0.25) is 0 Å². The molecule has 0 aliphatic heterocycles. The summed E-state index contributed by atoms with van der Waals surface area (Å²) in [5.74, 6) is -2.51. The van der Waals surface area contributed by atoms with Crippen molar-refractivity contribution in [3.63, 3.8) is 0 Å². The third-order valence-corrected chi connectivity index (χ3v) is 3.16. The van der Waals surface area contributed by atoms with Crippen molar-refractivity contribution in [3.05, 3.63) is 35.4 Å². The number of aromatic carboxylic acids is 2. The topological polar surface area (TPSA) is 186 Å². The molecular weight excluding hydrogens is 348 g/mol. The molecule has 0 heterocycles. The average molecular weight is 366 g/mol. The number of nitrogens with two attached hydrogens (primary N) is 2. The van der Waals surface area contributed by atoms with Gasteiger partial charge in [0.2, 0.25) is 0 Å². The summed E-state index contributed by atoms with van der Waals surface area (Å²) in [7, 11) is 2.89. The molecule has 0 bridgehead atoms. The highest BCUT2D eigenvalue weighted by atomic mass is 16.5. The molecule has 0 radical (unpaired) electrons. The molecule has 10 heteroatoms. The van der Waals surface area contributed by atoms with Gasteiger partial charge >= 0.3 is 11.9 Å². The van der Waals surface area contributed by atoms with Gasteiger partial charge in [0.15, 0.2) is 23.0 Å². The molecule has 2 aromatic carbocycles. The van der Waals surface area contributed by atoms with E-state index in [9.17, 15) is 9.59 Å². The van der Waals surface area contributed by atoms with Gasteiger partial charge in [0.1, 0.15) is 0 Å². The first-order chi connectivity index (χ1) is 12.1. The Bertz CT molecular complexity index is 835. The van der Waals surface area contributed by atoms with Crippen LogP contribution in [0.2, 0.25) is 0 Å². The predicted octanol–water partition coefficient (Wildman–Crippen LogP) is 1.36. The number of phenolic OH excluding ortho intramolecular Hbond substituents is 2. The maximum atomic E-state index is 10.7. The molecule has 0 spiro atoms. The number of ether oxygens (including phenoxy) is 2. The second-order valence-electron chi connectivity index (χ2n) is 4.83. The van der Waals surface area contributed by atoms with Crippen LogP contribution in [0.4, 0.5) is 11.4 Å². The van der Waals surface area contributed by atoms with Gasteiger partial charge < -0.3 is 41.4 Å². The van der Waals surface area contributed by atoms with E-state index in [0.29, 0.717) is 11.5 Å². The molecule has 0 unspecified atom stereocenters. The zero-order valence-electron chi connectivity index (χ0n) is 13.9. The third kappa shape index (κ3) is 4.60. The van der Waals surface area contributed by atoms with E-state index in [2.05, 4.69) is 0 Å². The number of hydrogen-bond acceptors (Lipinski definition) is 8. The van der Waals surface area contributed by atoms with Crippen molar-refractivity contribution in [3.8, 4) is 23.0 Å². The number of carbonyl (C=O) groups is 2. The lowest BCUT2D eigenvalue weighted by atomic mass is 10.1. The zero-order chi connectivity index (χ0) is 20.0. The molecule has 8 N–H and O–H groups in total. The van der Waals surface area contributed by atoms with Crippen LogP contribution in [0.25, 0.3) is 0 Å². The minimum atomic E-state index is -1.25. The minimum absolute atomic E-state index is 0.00245. The number of hydrogen-bond donors (Lipinski definition) is 6. The molecular formula is C16H18N2O8. The SMILES string of the molecule is COc1cc(N)c(C(=O)O)cc1OC.Nc1cc(O)c(O)cc1C(=O)O. The van der Waals surface area contributed by atoms with Gasteiger partial charge in [0.25, 0.3) is 0 Å². The van der Waals surface area contributed by atoms with Crippen molar-refractivity contribution in [1.29, 1.82) is 0 Å². The molecule has 0 fully saturated rings. The van der Waals surface area contributed by atoms with Crippen LogP contribution >= 0.6 is 0 Å². The molecule has 0 saturated heterocycles. The second kappa shape index (κ2) is 8.33. The quantitative estimate of drug-likeness (QED) is 0.262. The van der Waals surface area contributed by atoms with Gasteiger partial charge in [-0.1, -0.05) is 0 Å². The molecule has 10 nitrogen and oxygen atoms in total. The summed E-state index contributed by atoms with van der Waals surface area (Å²) < 4.78 is 9.89. The van der Waals surface area contributed by atoms with Gasteiger partial charge in [-0.05, 0) is 0 Å². The highest BCUT2D eigenvalue weighted by Gasteiger charge is 2.14. The number of carboxylic acid groups (broad SMARTS) is 2. The monoisotopic (exact) mass is 366 g/mol. The normalized spacial score (nSPS) is 9.62. The number of anilines is 2. The first kappa shape index (κ1) is 20.2. The van der Waals surface area contributed by atoms with E-state index in [0.717, 1.165) is 12.1 Å². The van der Waals surface area contributed by atoms with Crippen molar-refractivity contribution in [1.82, 2.24) is 0 Å². The zero-order valence-corrected chi connectivity index (χ0v) is 13.9. The molecule has 0 aliphatic carbocycles. The summed E-state index contributed by atoms with van der Waals surface area (Å²) in [6.07, 6.45) is 0. The Morgan fingerprint density at radius 3 is 1.62 bits per heavy atom. The summed E-state index contributed by atoms with van der Waals surface area (Å²) in [6.45, 7) is 0. The van der Waals surface area contributed by atoms with Crippen LogP contribution in [-0.4, -0.2) is 46.6 Å². The van der Waals surface area contributed by atoms with Crippen molar-refractivity contribution < 1.29 is 39.5 Å². The summed E-state index contributed by atoms with van der Waals surface area (Å²) in [5.41, 5.74) is 10.6. The minimum Gasteiger partial charge on any atom is -0.504 e. The van der Waals surface area contributed by atoms with Crippen LogP contribution in [0, 0.1) is 0 Å². The van der Waals surface area contributed by atoms with E-state index in [4.69, 9.17) is 41.4 Å². The predicted molar refractivity (Wildman–Crippen MR) is 92.1 cm³/mol. The van der Waals surface area contributed by atoms with Crippen molar-refractivity contribution in [2.45, 2.75) is 0 Å². The molecule has 0 saturated carbocycles. The van der Waals surface area contributed by atoms with E-state index in [1.54, 1.807) is 0 Å². The van der Waals surface area contributed by atoms with Crippen LogP contribution in [0.3, 0.4) is 0 Å². The number of rotatable bonds is 4. The number of benzene rings is 2. The molecule has 0 amide bonds. The second-order valence-corrected chi connectivity index (χ2v) is 4.83. The molecule has 0 aliphatic rings. The van der Waals surface area contributed by atoms with E-state index in [1.165, 1.54) is 26.4 Å². The maximum Gasteiger partial charge on any atom is 0.337 e. The van der Waals surface area contributed by atoms with Gasteiger partial charge in [-0.15, -0.1) is 0 Å². The van der Waals surface area contributed by atoms with Crippen LogP contribution in [0.1, 0.15) is 20.7 Å².